The zero-order valence-electron chi connectivity index (χ0n) is 16.2. The highest BCUT2D eigenvalue weighted by atomic mass is 32.2. The lowest BCUT2D eigenvalue weighted by Gasteiger charge is -2.04. The predicted octanol–water partition coefficient (Wildman–Crippen LogP) is 3.59. The Kier molecular flexibility index (Phi) is 6.25. The summed E-state index contributed by atoms with van der Waals surface area (Å²) in [6.45, 7) is 2.84. The van der Waals surface area contributed by atoms with E-state index in [1.54, 1.807) is 21.2 Å². The molecule has 0 N–H and O–H groups in total. The first kappa shape index (κ1) is 19.3. The van der Waals surface area contributed by atoms with E-state index in [9.17, 15) is 0 Å². The van der Waals surface area contributed by atoms with Gasteiger partial charge in [0, 0.05) is 11.3 Å². The number of benzene rings is 2. The van der Waals surface area contributed by atoms with Crippen molar-refractivity contribution in [2.45, 2.75) is 37.9 Å². The van der Waals surface area contributed by atoms with Crippen molar-refractivity contribution in [3.05, 3.63) is 60.2 Å². The molecule has 0 unspecified atom stereocenters. The minimum atomic E-state index is 0.670. The molecule has 29 heavy (non-hydrogen) atoms. The molecule has 2 aromatic carbocycles. The van der Waals surface area contributed by atoms with E-state index in [1.165, 1.54) is 5.56 Å². The Morgan fingerprint density at radius 3 is 2.52 bits per heavy atom. The minimum Gasteiger partial charge on any atom is -0.188 e. The van der Waals surface area contributed by atoms with Crippen molar-refractivity contribution in [1.29, 1.82) is 0 Å². The molecule has 0 aliphatic rings. The van der Waals surface area contributed by atoms with Gasteiger partial charge in [-0.2, -0.15) is 9.48 Å². The van der Waals surface area contributed by atoms with Gasteiger partial charge in [-0.25, -0.2) is 0 Å². The van der Waals surface area contributed by atoms with Gasteiger partial charge in [-0.15, -0.1) is 15.3 Å². The molecule has 4 rings (SSSR count). The van der Waals surface area contributed by atoms with Crippen LogP contribution in [0.1, 0.15) is 24.8 Å². The molecule has 4 aromatic rings. The van der Waals surface area contributed by atoms with Crippen LogP contribution in [0.25, 0.3) is 17.1 Å². The van der Waals surface area contributed by atoms with Crippen LogP contribution in [0.15, 0.2) is 59.8 Å². The molecule has 8 nitrogen and oxygen atoms in total. The topological polar surface area (TPSA) is 87.2 Å². The van der Waals surface area contributed by atoms with E-state index in [0.29, 0.717) is 5.82 Å². The van der Waals surface area contributed by atoms with E-state index in [-0.39, 0.29) is 0 Å². The van der Waals surface area contributed by atoms with Crippen molar-refractivity contribution in [2.75, 3.05) is 5.75 Å². The van der Waals surface area contributed by atoms with Crippen LogP contribution >= 0.6 is 11.8 Å². The summed E-state index contributed by atoms with van der Waals surface area (Å²) in [5.74, 6) is 1.64. The second-order valence-corrected chi connectivity index (χ2v) is 7.75. The second kappa shape index (κ2) is 9.42. The van der Waals surface area contributed by atoms with Crippen LogP contribution in [0.3, 0.4) is 0 Å². The van der Waals surface area contributed by atoms with Crippen LogP contribution in [0.4, 0.5) is 0 Å². The number of unbranched alkanes of at least 4 members (excludes halogenated alkanes) is 2. The lowest BCUT2D eigenvalue weighted by molar-refractivity contribution is 0.487. The largest absolute Gasteiger partial charge is 0.214 e. The van der Waals surface area contributed by atoms with Crippen molar-refractivity contribution in [2.24, 2.45) is 0 Å². The highest BCUT2D eigenvalue weighted by Gasteiger charge is 2.09. The highest BCUT2D eigenvalue weighted by molar-refractivity contribution is 7.99. The number of aromatic nitrogens is 8. The molecule has 0 bridgehead atoms. The Hall–Kier alpha value is -3.07. The number of nitrogens with zero attached hydrogens (tertiary/aromatic N) is 8. The van der Waals surface area contributed by atoms with Gasteiger partial charge in [0.15, 0.2) is 0 Å². The Morgan fingerprint density at radius 1 is 0.862 bits per heavy atom. The first-order valence-electron chi connectivity index (χ1n) is 9.61. The smallest absolute Gasteiger partial charge is 0.188 e. The Morgan fingerprint density at radius 2 is 1.69 bits per heavy atom. The third kappa shape index (κ3) is 5.05. The Labute approximate surface area is 173 Å². The molecule has 2 heterocycles. The summed E-state index contributed by atoms with van der Waals surface area (Å²) in [6.07, 6.45) is 3.17. The minimum absolute atomic E-state index is 0.670. The van der Waals surface area contributed by atoms with Crippen LogP contribution in [0.2, 0.25) is 0 Å². The molecular weight excluding hydrogens is 384 g/mol. The Bertz CT molecular complexity index is 1030. The SMILES string of the molecule is Cc1ccc(-n2nnnc2SCCCCCn2nnc(-c3ccccc3)n2)cc1. The van der Waals surface area contributed by atoms with Crippen LogP contribution in [0.5, 0.6) is 0 Å². The van der Waals surface area contributed by atoms with E-state index >= 15 is 0 Å². The van der Waals surface area contributed by atoms with Crippen molar-refractivity contribution in [3.8, 4) is 17.1 Å². The van der Waals surface area contributed by atoms with Gasteiger partial charge in [-0.3, -0.25) is 0 Å². The van der Waals surface area contributed by atoms with E-state index in [4.69, 9.17) is 0 Å². The van der Waals surface area contributed by atoms with Crippen molar-refractivity contribution >= 4 is 11.8 Å². The summed E-state index contributed by atoms with van der Waals surface area (Å²) in [6, 6.07) is 18.1. The molecule has 9 heteroatoms. The molecule has 0 amide bonds. The van der Waals surface area contributed by atoms with Crippen molar-refractivity contribution in [3.63, 3.8) is 0 Å². The van der Waals surface area contributed by atoms with Gasteiger partial charge in [0.2, 0.25) is 11.0 Å². The average Bonchev–Trinajstić information content (AvgIpc) is 3.42. The quantitative estimate of drug-likeness (QED) is 0.310. The van der Waals surface area contributed by atoms with Crippen molar-refractivity contribution in [1.82, 2.24) is 40.4 Å². The molecular formula is C20H22N8S. The van der Waals surface area contributed by atoms with E-state index in [0.717, 1.165) is 48.0 Å². The van der Waals surface area contributed by atoms with Gasteiger partial charge in [-0.1, -0.05) is 66.2 Å². The van der Waals surface area contributed by atoms with Gasteiger partial charge in [-0.05, 0) is 47.5 Å². The maximum atomic E-state index is 4.45. The fourth-order valence-corrected chi connectivity index (χ4v) is 3.74. The summed E-state index contributed by atoms with van der Waals surface area (Å²) >= 11 is 1.68. The van der Waals surface area contributed by atoms with E-state index in [1.807, 2.05) is 42.5 Å². The standard InChI is InChI=1S/C20H22N8S/c1-16-10-12-18(13-11-16)28-20(22-24-26-28)29-15-7-3-6-14-27-23-19(21-25-27)17-8-4-2-5-9-17/h2,4-5,8-13H,3,6-7,14-15H2,1H3. The molecule has 0 radical (unpaired) electrons. The van der Waals surface area contributed by atoms with Gasteiger partial charge < -0.3 is 0 Å². The molecule has 0 atom stereocenters. The molecule has 0 fully saturated rings. The number of rotatable bonds is 9. The van der Waals surface area contributed by atoms with Crippen LogP contribution in [-0.2, 0) is 6.54 Å². The molecule has 0 aliphatic heterocycles. The van der Waals surface area contributed by atoms with Gasteiger partial charge in [0.05, 0.1) is 12.2 Å². The number of hydrogen-bond acceptors (Lipinski definition) is 7. The third-order valence-corrected chi connectivity index (χ3v) is 5.44. The summed E-state index contributed by atoms with van der Waals surface area (Å²) < 4.78 is 1.79. The normalized spacial score (nSPS) is 11.1. The number of aryl methyl sites for hydroxylation is 2. The first-order valence-corrected chi connectivity index (χ1v) is 10.6. The van der Waals surface area contributed by atoms with Crippen molar-refractivity contribution < 1.29 is 0 Å². The maximum absolute atomic E-state index is 4.45. The fourth-order valence-electron chi connectivity index (χ4n) is 2.85. The van der Waals surface area contributed by atoms with Gasteiger partial charge in [0.25, 0.3) is 0 Å². The van der Waals surface area contributed by atoms with Crippen LogP contribution in [-0.4, -0.2) is 46.2 Å². The molecule has 2 aromatic heterocycles. The zero-order chi connectivity index (χ0) is 19.9. The van der Waals surface area contributed by atoms with Crippen LogP contribution < -0.4 is 0 Å². The summed E-state index contributed by atoms with van der Waals surface area (Å²) in [5, 5.41) is 25.6. The Balaban J connectivity index is 1.20. The number of thioether (sulfide) groups is 1. The van der Waals surface area contributed by atoms with Gasteiger partial charge >= 0.3 is 0 Å². The zero-order valence-corrected chi connectivity index (χ0v) is 17.0. The molecule has 0 saturated carbocycles. The molecule has 0 saturated heterocycles. The van der Waals surface area contributed by atoms with E-state index < -0.39 is 0 Å². The number of hydrogen-bond donors (Lipinski definition) is 0. The predicted molar refractivity (Wildman–Crippen MR) is 112 cm³/mol. The van der Waals surface area contributed by atoms with E-state index in [2.05, 4.69) is 50.0 Å². The molecule has 0 aliphatic carbocycles. The summed E-state index contributed by atoms with van der Waals surface area (Å²) in [7, 11) is 0. The molecule has 148 valence electrons. The maximum Gasteiger partial charge on any atom is 0.214 e. The summed E-state index contributed by atoms with van der Waals surface area (Å²) in [4.78, 5) is 1.67. The highest BCUT2D eigenvalue weighted by Crippen LogP contribution is 2.20. The first-order chi connectivity index (χ1) is 14.3. The second-order valence-electron chi connectivity index (χ2n) is 6.69. The summed E-state index contributed by atoms with van der Waals surface area (Å²) in [5.41, 5.74) is 3.19. The molecule has 0 spiro atoms. The van der Waals surface area contributed by atoms with Gasteiger partial charge in [0.1, 0.15) is 0 Å². The van der Waals surface area contributed by atoms with Crippen LogP contribution in [0, 0.1) is 6.92 Å². The lowest BCUT2D eigenvalue weighted by Crippen LogP contribution is -2.03. The monoisotopic (exact) mass is 406 g/mol. The average molecular weight is 407 g/mol. The third-order valence-electron chi connectivity index (χ3n) is 4.44. The number of tetrazole rings is 2. The lowest BCUT2D eigenvalue weighted by atomic mass is 10.2. The fraction of sp³-hybridized carbons (Fsp3) is 0.300.